The summed E-state index contributed by atoms with van der Waals surface area (Å²) in [6.07, 6.45) is 3.41. The number of aromatic nitrogens is 1. The Balaban J connectivity index is 0.00000144. The number of amides is 1. The quantitative estimate of drug-likeness (QED) is 0.398. The van der Waals surface area contributed by atoms with Crippen molar-refractivity contribution < 1.29 is 33.6 Å². The molecule has 2 rings (SSSR count). The molecule has 0 radical (unpaired) electrons. The molecule has 1 aromatic rings. The van der Waals surface area contributed by atoms with Crippen LogP contribution >= 0.6 is 0 Å². The summed E-state index contributed by atoms with van der Waals surface area (Å²) in [5.41, 5.74) is 6.85. The Morgan fingerprint density at radius 3 is 2.65 bits per heavy atom. The predicted octanol–water partition coefficient (Wildman–Crippen LogP) is -3.77. The number of nitrogen functional groups attached to an aromatic ring is 1. The Labute approximate surface area is 110 Å². The van der Waals surface area contributed by atoms with Gasteiger partial charge in [-0.25, -0.2) is 4.98 Å². The van der Waals surface area contributed by atoms with Crippen LogP contribution < -0.4 is 35.0 Å². The number of hydrogen-bond donors (Lipinski definition) is 2. The van der Waals surface area contributed by atoms with Crippen molar-refractivity contribution >= 4 is 23.4 Å². The minimum atomic E-state index is -1.77. The Morgan fingerprint density at radius 1 is 1.47 bits per heavy atom. The van der Waals surface area contributed by atoms with Crippen LogP contribution in [0.25, 0.3) is 0 Å². The van der Waals surface area contributed by atoms with Crippen LogP contribution in [0.3, 0.4) is 0 Å². The summed E-state index contributed by atoms with van der Waals surface area (Å²) in [6, 6.07) is 1.65. The van der Waals surface area contributed by atoms with E-state index in [0.29, 0.717) is 17.4 Å². The predicted molar refractivity (Wildman–Crippen MR) is 54.3 cm³/mol. The summed E-state index contributed by atoms with van der Waals surface area (Å²) in [6.45, 7) is 0. The van der Waals surface area contributed by atoms with Gasteiger partial charge in [0.1, 0.15) is 11.8 Å². The Kier molecular flexibility index (Phi) is 4.15. The van der Waals surface area contributed by atoms with Gasteiger partial charge in [0.15, 0.2) is 0 Å². The van der Waals surface area contributed by atoms with Gasteiger partial charge < -0.3 is 21.0 Å². The SMILES string of the molecule is Nc1ncc(NC(=O)C(=O)[O-])cc1C1CC1.[Li+]. The number of pyridine rings is 1. The average Bonchev–Trinajstić information content (AvgIpc) is 3.04. The van der Waals surface area contributed by atoms with E-state index < -0.39 is 11.9 Å². The fourth-order valence-corrected chi connectivity index (χ4v) is 1.46. The first-order valence-electron chi connectivity index (χ1n) is 4.85. The number of nitrogens with two attached hydrogens (primary N) is 1. The van der Waals surface area contributed by atoms with Crippen molar-refractivity contribution in [3.63, 3.8) is 0 Å². The van der Waals surface area contributed by atoms with Crippen molar-refractivity contribution in [3.8, 4) is 0 Å². The summed E-state index contributed by atoms with van der Waals surface area (Å²) >= 11 is 0. The molecule has 3 N–H and O–H groups in total. The van der Waals surface area contributed by atoms with Crippen LogP contribution in [0.15, 0.2) is 12.3 Å². The van der Waals surface area contributed by atoms with Crippen LogP contribution in [0.5, 0.6) is 0 Å². The minimum absolute atomic E-state index is 0. The van der Waals surface area contributed by atoms with Gasteiger partial charge in [0.2, 0.25) is 0 Å². The number of aliphatic carboxylic acids is 1. The van der Waals surface area contributed by atoms with Crippen LogP contribution in [-0.2, 0) is 9.59 Å². The third-order valence-corrected chi connectivity index (χ3v) is 2.41. The van der Waals surface area contributed by atoms with Gasteiger partial charge in [0.05, 0.1) is 11.9 Å². The van der Waals surface area contributed by atoms with E-state index in [-0.39, 0.29) is 18.9 Å². The second-order valence-electron chi connectivity index (χ2n) is 3.71. The molecular formula is C10H10LiN3O3. The van der Waals surface area contributed by atoms with E-state index in [1.54, 1.807) is 6.07 Å². The molecule has 0 aromatic carbocycles. The van der Waals surface area contributed by atoms with Crippen molar-refractivity contribution in [2.75, 3.05) is 11.1 Å². The molecule has 0 spiro atoms. The normalized spacial score (nSPS) is 13.6. The first-order valence-corrected chi connectivity index (χ1v) is 4.85. The van der Waals surface area contributed by atoms with Crippen molar-refractivity contribution in [2.24, 2.45) is 0 Å². The summed E-state index contributed by atoms with van der Waals surface area (Å²) in [7, 11) is 0. The van der Waals surface area contributed by atoms with Gasteiger partial charge in [-0.3, -0.25) is 4.79 Å². The number of carbonyl (C=O) groups excluding carboxylic acids is 2. The topological polar surface area (TPSA) is 108 Å². The number of nitrogens with zero attached hydrogens (tertiary/aromatic N) is 1. The zero-order chi connectivity index (χ0) is 11.7. The number of anilines is 2. The average molecular weight is 227 g/mol. The molecule has 1 aromatic heterocycles. The molecule has 0 atom stereocenters. The van der Waals surface area contributed by atoms with Crippen LogP contribution in [0.2, 0.25) is 0 Å². The van der Waals surface area contributed by atoms with Crippen LogP contribution in [0.4, 0.5) is 11.5 Å². The van der Waals surface area contributed by atoms with Gasteiger partial charge in [-0.1, -0.05) is 0 Å². The maximum Gasteiger partial charge on any atom is 1.00 e. The second kappa shape index (κ2) is 5.21. The monoisotopic (exact) mass is 227 g/mol. The molecule has 1 heterocycles. The van der Waals surface area contributed by atoms with Gasteiger partial charge in [-0.2, -0.15) is 0 Å². The maximum absolute atomic E-state index is 10.9. The molecule has 1 fully saturated rings. The molecule has 0 bridgehead atoms. The summed E-state index contributed by atoms with van der Waals surface area (Å²) in [5, 5.41) is 12.4. The molecule has 84 valence electrons. The number of carbonyl (C=O) groups is 2. The van der Waals surface area contributed by atoms with Crippen molar-refractivity contribution in [3.05, 3.63) is 17.8 Å². The van der Waals surface area contributed by atoms with E-state index >= 15 is 0 Å². The smallest absolute Gasteiger partial charge is 0.540 e. The number of carboxylic acids is 1. The van der Waals surface area contributed by atoms with Gasteiger partial charge in [-0.15, -0.1) is 0 Å². The number of nitrogens with one attached hydrogen (secondary N) is 1. The molecule has 1 aliphatic rings. The fourth-order valence-electron chi connectivity index (χ4n) is 1.46. The van der Waals surface area contributed by atoms with Gasteiger partial charge >= 0.3 is 18.9 Å². The zero-order valence-electron chi connectivity index (χ0n) is 9.40. The third kappa shape index (κ3) is 3.22. The molecule has 0 unspecified atom stereocenters. The van der Waals surface area contributed by atoms with E-state index in [0.717, 1.165) is 18.4 Å². The molecule has 17 heavy (non-hydrogen) atoms. The summed E-state index contributed by atoms with van der Waals surface area (Å²) < 4.78 is 0. The summed E-state index contributed by atoms with van der Waals surface area (Å²) in [4.78, 5) is 25.0. The largest absolute Gasteiger partial charge is 1.00 e. The molecule has 1 saturated carbocycles. The van der Waals surface area contributed by atoms with Crippen molar-refractivity contribution in [1.82, 2.24) is 4.98 Å². The molecule has 1 amide bonds. The minimum Gasteiger partial charge on any atom is -0.540 e. The van der Waals surface area contributed by atoms with Gasteiger partial charge in [0.25, 0.3) is 5.91 Å². The van der Waals surface area contributed by atoms with E-state index in [1.165, 1.54) is 6.20 Å². The van der Waals surface area contributed by atoms with Crippen molar-refractivity contribution in [2.45, 2.75) is 18.8 Å². The Hall–Kier alpha value is -1.51. The molecule has 1 aliphatic carbocycles. The molecule has 0 aliphatic heterocycles. The summed E-state index contributed by atoms with van der Waals surface area (Å²) in [5.74, 6) is -2.15. The first kappa shape index (κ1) is 13.6. The van der Waals surface area contributed by atoms with E-state index in [1.807, 2.05) is 0 Å². The zero-order valence-corrected chi connectivity index (χ0v) is 9.40. The van der Waals surface area contributed by atoms with Crippen LogP contribution in [-0.4, -0.2) is 16.9 Å². The number of rotatable bonds is 2. The van der Waals surface area contributed by atoms with Crippen molar-refractivity contribution in [1.29, 1.82) is 0 Å². The van der Waals surface area contributed by atoms with E-state index in [2.05, 4.69) is 10.3 Å². The first-order chi connectivity index (χ1) is 7.58. The van der Waals surface area contributed by atoms with Crippen LogP contribution in [0.1, 0.15) is 24.3 Å². The Morgan fingerprint density at radius 2 is 2.12 bits per heavy atom. The standard InChI is InChI=1S/C10H11N3O3.Li/c11-8-7(5-1-2-5)3-6(4-12-8)13-9(14)10(15)16;/h3-5H,1-2H2,(H2,11,12)(H,13,14)(H,15,16);/q;+1/p-1. The van der Waals surface area contributed by atoms with Gasteiger partial charge in [-0.05, 0) is 30.4 Å². The van der Waals surface area contributed by atoms with E-state index in [4.69, 9.17) is 5.73 Å². The number of hydrogen-bond acceptors (Lipinski definition) is 5. The van der Waals surface area contributed by atoms with Crippen LogP contribution in [0, 0.1) is 0 Å². The Bertz CT molecular complexity index is 460. The third-order valence-electron chi connectivity index (χ3n) is 2.41. The fraction of sp³-hybridized carbons (Fsp3) is 0.300. The van der Waals surface area contributed by atoms with E-state index in [9.17, 15) is 14.7 Å². The maximum atomic E-state index is 10.9. The number of carboxylic acid groups (broad SMARTS) is 1. The molecule has 6 nitrogen and oxygen atoms in total. The molecule has 0 saturated heterocycles. The molecule has 7 heteroatoms. The second-order valence-corrected chi connectivity index (χ2v) is 3.71. The molecular weight excluding hydrogens is 217 g/mol. The van der Waals surface area contributed by atoms with Gasteiger partial charge in [0, 0.05) is 0 Å².